The molecule has 1 N–H and O–H groups in total. The van der Waals surface area contributed by atoms with Gasteiger partial charge in [0.1, 0.15) is 5.82 Å². The van der Waals surface area contributed by atoms with Crippen LogP contribution in [0.1, 0.15) is 35.7 Å². The molecule has 0 spiro atoms. The summed E-state index contributed by atoms with van der Waals surface area (Å²) < 4.78 is 2.03. The molecule has 5 heteroatoms. The van der Waals surface area contributed by atoms with Crippen molar-refractivity contribution in [3.63, 3.8) is 0 Å². The van der Waals surface area contributed by atoms with Gasteiger partial charge in [-0.15, -0.1) is 0 Å². The third-order valence-electron chi connectivity index (χ3n) is 5.08. The van der Waals surface area contributed by atoms with Gasteiger partial charge in [0.15, 0.2) is 5.69 Å². The van der Waals surface area contributed by atoms with Crippen LogP contribution in [-0.2, 0) is 12.8 Å². The standard InChI is InChI=1S/C22H26N4O/c1-16(2)15-20-24-21(19-9-5-6-12-26(19)20)22(27)23-11-14-25-13-10-17-7-3-4-8-18(17)25/h3-9,12,16H,10-11,13-15H2,1-2H3,(H,23,27). The number of benzene rings is 1. The molecule has 1 aliphatic rings. The number of nitrogens with one attached hydrogen (secondary N) is 1. The number of rotatable bonds is 6. The van der Waals surface area contributed by atoms with Crippen LogP contribution in [0.25, 0.3) is 5.52 Å². The zero-order valence-electron chi connectivity index (χ0n) is 16.0. The first-order chi connectivity index (χ1) is 13.1. The van der Waals surface area contributed by atoms with Crippen LogP contribution in [0.5, 0.6) is 0 Å². The van der Waals surface area contributed by atoms with Crippen LogP contribution >= 0.6 is 0 Å². The number of pyridine rings is 1. The maximum Gasteiger partial charge on any atom is 0.272 e. The van der Waals surface area contributed by atoms with Gasteiger partial charge in [0.05, 0.1) is 5.52 Å². The second kappa shape index (κ2) is 7.43. The van der Waals surface area contributed by atoms with E-state index in [4.69, 9.17) is 0 Å². The van der Waals surface area contributed by atoms with Crippen LogP contribution in [0, 0.1) is 5.92 Å². The number of imidazole rings is 1. The van der Waals surface area contributed by atoms with Gasteiger partial charge in [-0.3, -0.25) is 4.79 Å². The van der Waals surface area contributed by atoms with Crippen molar-refractivity contribution in [1.82, 2.24) is 14.7 Å². The molecule has 0 unspecified atom stereocenters. The highest BCUT2D eigenvalue weighted by atomic mass is 16.1. The molecule has 3 aromatic rings. The molecule has 0 aliphatic carbocycles. The lowest BCUT2D eigenvalue weighted by atomic mass is 10.1. The Morgan fingerprint density at radius 2 is 2.00 bits per heavy atom. The number of hydrogen-bond acceptors (Lipinski definition) is 3. The smallest absolute Gasteiger partial charge is 0.272 e. The summed E-state index contributed by atoms with van der Waals surface area (Å²) in [7, 11) is 0. The number of amides is 1. The topological polar surface area (TPSA) is 49.6 Å². The highest BCUT2D eigenvalue weighted by Crippen LogP contribution is 2.26. The van der Waals surface area contributed by atoms with E-state index < -0.39 is 0 Å². The first kappa shape index (κ1) is 17.6. The molecule has 3 heterocycles. The number of nitrogens with zero attached hydrogens (tertiary/aromatic N) is 3. The Balaban J connectivity index is 1.45. The molecule has 140 valence electrons. The summed E-state index contributed by atoms with van der Waals surface area (Å²) in [5.74, 6) is 1.34. The lowest BCUT2D eigenvalue weighted by molar-refractivity contribution is 0.0951. The van der Waals surface area contributed by atoms with E-state index in [9.17, 15) is 4.79 Å². The summed E-state index contributed by atoms with van der Waals surface area (Å²) >= 11 is 0. The van der Waals surface area contributed by atoms with E-state index in [1.165, 1.54) is 11.3 Å². The highest BCUT2D eigenvalue weighted by molar-refractivity contribution is 5.99. The predicted molar refractivity (Wildman–Crippen MR) is 108 cm³/mol. The summed E-state index contributed by atoms with van der Waals surface area (Å²) in [6.07, 6.45) is 3.91. The number of fused-ring (bicyclic) bond motifs is 2. The Labute approximate surface area is 160 Å². The van der Waals surface area contributed by atoms with Crippen LogP contribution in [-0.4, -0.2) is 34.9 Å². The average Bonchev–Trinajstić information content (AvgIpc) is 3.24. The van der Waals surface area contributed by atoms with Crippen molar-refractivity contribution >= 4 is 17.1 Å². The van der Waals surface area contributed by atoms with Crippen molar-refractivity contribution in [1.29, 1.82) is 0 Å². The maximum atomic E-state index is 12.8. The Kier molecular flexibility index (Phi) is 4.84. The summed E-state index contributed by atoms with van der Waals surface area (Å²) in [4.78, 5) is 19.8. The molecular formula is C22H26N4O. The molecule has 0 saturated carbocycles. The largest absolute Gasteiger partial charge is 0.369 e. The molecule has 0 saturated heterocycles. The molecule has 5 nitrogen and oxygen atoms in total. The number of aromatic nitrogens is 2. The summed E-state index contributed by atoms with van der Waals surface area (Å²) in [6.45, 7) is 6.77. The second-order valence-corrected chi connectivity index (χ2v) is 7.55. The fraction of sp³-hybridized carbons (Fsp3) is 0.364. The van der Waals surface area contributed by atoms with Gasteiger partial charge >= 0.3 is 0 Å². The molecule has 0 radical (unpaired) electrons. The van der Waals surface area contributed by atoms with Crippen molar-refractivity contribution in [2.24, 2.45) is 5.92 Å². The molecule has 27 heavy (non-hydrogen) atoms. The van der Waals surface area contributed by atoms with Gasteiger partial charge in [0.25, 0.3) is 5.91 Å². The fourth-order valence-electron chi connectivity index (χ4n) is 3.80. The molecule has 4 rings (SSSR count). The van der Waals surface area contributed by atoms with E-state index in [1.807, 2.05) is 28.8 Å². The number of anilines is 1. The summed E-state index contributed by atoms with van der Waals surface area (Å²) in [6, 6.07) is 14.4. The van der Waals surface area contributed by atoms with Crippen molar-refractivity contribution in [3.05, 3.63) is 65.7 Å². The van der Waals surface area contributed by atoms with Crippen molar-refractivity contribution in [2.45, 2.75) is 26.7 Å². The van der Waals surface area contributed by atoms with Gasteiger partial charge in [0.2, 0.25) is 0 Å². The second-order valence-electron chi connectivity index (χ2n) is 7.55. The van der Waals surface area contributed by atoms with E-state index in [2.05, 4.69) is 53.3 Å². The van der Waals surface area contributed by atoms with Crippen LogP contribution in [0.15, 0.2) is 48.7 Å². The van der Waals surface area contributed by atoms with E-state index in [1.54, 1.807) is 0 Å². The SMILES string of the molecule is CC(C)Cc1nc(C(=O)NCCN2CCc3ccccc32)c2ccccn12. The molecule has 1 aromatic carbocycles. The van der Waals surface area contributed by atoms with Gasteiger partial charge in [-0.1, -0.05) is 38.1 Å². The first-order valence-electron chi connectivity index (χ1n) is 9.70. The number of carbonyl (C=O) groups excluding carboxylic acids is 1. The zero-order chi connectivity index (χ0) is 18.8. The Bertz CT molecular complexity index is 960. The molecule has 0 fully saturated rings. The molecule has 2 aromatic heterocycles. The highest BCUT2D eigenvalue weighted by Gasteiger charge is 2.20. The van der Waals surface area contributed by atoms with E-state index in [0.717, 1.165) is 37.3 Å². The minimum Gasteiger partial charge on any atom is -0.369 e. The van der Waals surface area contributed by atoms with Crippen LogP contribution in [0.4, 0.5) is 5.69 Å². The van der Waals surface area contributed by atoms with Gasteiger partial charge < -0.3 is 14.6 Å². The third kappa shape index (κ3) is 3.54. The van der Waals surface area contributed by atoms with Crippen LogP contribution in [0.2, 0.25) is 0 Å². The van der Waals surface area contributed by atoms with E-state index in [0.29, 0.717) is 18.2 Å². The van der Waals surface area contributed by atoms with Gasteiger partial charge in [-0.25, -0.2) is 4.98 Å². The van der Waals surface area contributed by atoms with Crippen LogP contribution < -0.4 is 10.2 Å². The predicted octanol–water partition coefficient (Wildman–Crippen LogP) is 3.33. The van der Waals surface area contributed by atoms with Crippen molar-refractivity contribution in [3.8, 4) is 0 Å². The summed E-state index contributed by atoms with van der Waals surface area (Å²) in [5, 5.41) is 3.06. The fourth-order valence-corrected chi connectivity index (χ4v) is 3.80. The third-order valence-corrected chi connectivity index (χ3v) is 5.08. The molecule has 0 bridgehead atoms. The monoisotopic (exact) mass is 362 g/mol. The first-order valence-corrected chi connectivity index (χ1v) is 9.70. The van der Waals surface area contributed by atoms with Gasteiger partial charge in [-0.2, -0.15) is 0 Å². The Morgan fingerprint density at radius 1 is 1.19 bits per heavy atom. The number of carbonyl (C=O) groups is 1. The zero-order valence-corrected chi connectivity index (χ0v) is 16.0. The lowest BCUT2D eigenvalue weighted by Gasteiger charge is -2.19. The Hall–Kier alpha value is -2.82. The van der Waals surface area contributed by atoms with Gasteiger partial charge in [-0.05, 0) is 36.1 Å². The molecule has 1 aliphatic heterocycles. The minimum absolute atomic E-state index is 0.0961. The quantitative estimate of drug-likeness (QED) is 0.732. The lowest BCUT2D eigenvalue weighted by Crippen LogP contribution is -2.34. The minimum atomic E-state index is -0.0961. The Morgan fingerprint density at radius 3 is 2.85 bits per heavy atom. The maximum absolute atomic E-state index is 12.8. The van der Waals surface area contributed by atoms with Gasteiger partial charge in [0, 0.05) is 37.9 Å². The van der Waals surface area contributed by atoms with E-state index >= 15 is 0 Å². The molecular weight excluding hydrogens is 336 g/mol. The van der Waals surface area contributed by atoms with Crippen molar-refractivity contribution in [2.75, 3.05) is 24.5 Å². The number of hydrogen-bond donors (Lipinski definition) is 1. The normalized spacial score (nSPS) is 13.4. The summed E-state index contributed by atoms with van der Waals surface area (Å²) in [5.41, 5.74) is 4.07. The van der Waals surface area contributed by atoms with Crippen LogP contribution in [0.3, 0.4) is 0 Å². The molecule has 0 atom stereocenters. The van der Waals surface area contributed by atoms with E-state index in [-0.39, 0.29) is 5.91 Å². The molecule has 1 amide bonds. The van der Waals surface area contributed by atoms with Crippen molar-refractivity contribution < 1.29 is 4.79 Å². The average molecular weight is 362 g/mol. The number of para-hydroxylation sites is 1.